The summed E-state index contributed by atoms with van der Waals surface area (Å²) < 4.78 is 0. The minimum atomic E-state index is -0.0656. The average Bonchev–Trinajstić information content (AvgIpc) is 2.23. The van der Waals surface area contributed by atoms with Crippen molar-refractivity contribution in [2.75, 3.05) is 19.0 Å². The highest BCUT2D eigenvalue weighted by Gasteiger charge is 2.02. The van der Waals surface area contributed by atoms with Gasteiger partial charge in [0.1, 0.15) is 0 Å². The zero-order valence-corrected chi connectivity index (χ0v) is 10.4. The third kappa shape index (κ3) is 4.04. The molecular weight excluding hydrogens is 202 g/mol. The van der Waals surface area contributed by atoms with Crippen LogP contribution < -0.4 is 10.5 Å². The maximum Gasteiger partial charge on any atom is 0.252 e. The Kier molecular flexibility index (Phi) is 5.02. The summed E-state index contributed by atoms with van der Waals surface area (Å²) in [4.78, 5) is 20.3. The number of hydrogen-bond acceptors (Lipinski definition) is 3. The smallest absolute Gasteiger partial charge is 0.252 e. The van der Waals surface area contributed by atoms with Crippen molar-refractivity contribution in [2.24, 2.45) is 0 Å². The highest BCUT2D eigenvalue weighted by Crippen LogP contribution is 2.06. The van der Waals surface area contributed by atoms with Crippen molar-refractivity contribution in [3.63, 3.8) is 0 Å². The van der Waals surface area contributed by atoms with Crippen LogP contribution in [0.3, 0.4) is 0 Å². The van der Waals surface area contributed by atoms with Crippen molar-refractivity contribution in [1.82, 2.24) is 9.97 Å². The van der Waals surface area contributed by atoms with Crippen LogP contribution in [-0.4, -0.2) is 24.1 Å². The van der Waals surface area contributed by atoms with E-state index in [-0.39, 0.29) is 5.56 Å². The molecule has 1 N–H and O–H groups in total. The van der Waals surface area contributed by atoms with Crippen LogP contribution in [0.15, 0.2) is 10.9 Å². The molecule has 0 fully saturated rings. The molecule has 1 aromatic rings. The first kappa shape index (κ1) is 12.7. The molecule has 0 atom stereocenters. The normalized spacial score (nSPS) is 10.4. The number of aromatic amines is 1. The van der Waals surface area contributed by atoms with Gasteiger partial charge in [0.15, 0.2) is 0 Å². The van der Waals surface area contributed by atoms with E-state index in [0.717, 1.165) is 18.5 Å². The molecule has 0 saturated carbocycles. The second kappa shape index (κ2) is 6.30. The molecule has 0 aliphatic heterocycles. The number of hydrogen-bond donors (Lipinski definition) is 1. The first-order valence-electron chi connectivity index (χ1n) is 5.91. The Morgan fingerprint density at radius 2 is 2.06 bits per heavy atom. The Morgan fingerprint density at radius 1 is 1.31 bits per heavy atom. The number of aromatic nitrogens is 2. The number of nitrogens with zero attached hydrogens (tertiary/aromatic N) is 2. The zero-order valence-electron chi connectivity index (χ0n) is 10.4. The van der Waals surface area contributed by atoms with E-state index < -0.39 is 0 Å². The molecule has 0 amide bonds. The second-order valence-electron chi connectivity index (χ2n) is 4.27. The van der Waals surface area contributed by atoms with Gasteiger partial charge in [0, 0.05) is 25.9 Å². The number of rotatable bonds is 6. The summed E-state index contributed by atoms with van der Waals surface area (Å²) in [5.41, 5.74) is 0.827. The molecule has 16 heavy (non-hydrogen) atoms. The number of H-pyrrole nitrogens is 1. The molecule has 1 rings (SSSR count). The lowest BCUT2D eigenvalue weighted by atomic mass is 10.1. The molecule has 4 heteroatoms. The summed E-state index contributed by atoms with van der Waals surface area (Å²) in [7, 11) is 3.75. The minimum absolute atomic E-state index is 0.0656. The van der Waals surface area contributed by atoms with Crippen LogP contribution in [-0.2, 0) is 6.42 Å². The lowest BCUT2D eigenvalue weighted by molar-refractivity contribution is 0.659. The van der Waals surface area contributed by atoms with Gasteiger partial charge in [0.25, 0.3) is 5.56 Å². The Balaban J connectivity index is 2.62. The first-order chi connectivity index (χ1) is 7.63. The predicted octanol–water partition coefficient (Wildman–Crippen LogP) is 1.96. The van der Waals surface area contributed by atoms with Gasteiger partial charge in [0.2, 0.25) is 5.95 Å². The summed E-state index contributed by atoms with van der Waals surface area (Å²) in [6.45, 7) is 2.19. The van der Waals surface area contributed by atoms with Gasteiger partial charge in [-0.05, 0) is 12.8 Å². The second-order valence-corrected chi connectivity index (χ2v) is 4.27. The quantitative estimate of drug-likeness (QED) is 0.750. The molecule has 0 aliphatic rings. The number of anilines is 1. The summed E-state index contributed by atoms with van der Waals surface area (Å²) in [5.74, 6) is 0.637. The molecule has 0 radical (unpaired) electrons. The maximum atomic E-state index is 11.4. The molecular formula is C12H21N3O. The zero-order chi connectivity index (χ0) is 12.0. The van der Waals surface area contributed by atoms with E-state index in [9.17, 15) is 4.79 Å². The molecule has 1 aromatic heterocycles. The van der Waals surface area contributed by atoms with Crippen molar-refractivity contribution in [3.05, 3.63) is 22.1 Å². The van der Waals surface area contributed by atoms with Crippen molar-refractivity contribution >= 4 is 5.95 Å². The fourth-order valence-corrected chi connectivity index (χ4v) is 1.57. The van der Waals surface area contributed by atoms with Crippen LogP contribution in [0.1, 0.15) is 38.3 Å². The monoisotopic (exact) mass is 223 g/mol. The molecule has 0 saturated heterocycles. The van der Waals surface area contributed by atoms with Crippen LogP contribution in [0.25, 0.3) is 0 Å². The third-order valence-corrected chi connectivity index (χ3v) is 2.49. The Bertz CT molecular complexity index is 371. The van der Waals surface area contributed by atoms with Gasteiger partial charge in [-0.25, -0.2) is 4.98 Å². The SMILES string of the molecule is CCCCCCc1cc(=O)[nH]c(N(C)C)n1. The molecule has 0 aromatic carbocycles. The van der Waals surface area contributed by atoms with Crippen molar-refractivity contribution in [3.8, 4) is 0 Å². The van der Waals surface area contributed by atoms with E-state index in [1.807, 2.05) is 19.0 Å². The highest BCUT2D eigenvalue weighted by atomic mass is 16.1. The fourth-order valence-electron chi connectivity index (χ4n) is 1.57. The number of nitrogens with one attached hydrogen (secondary N) is 1. The van der Waals surface area contributed by atoms with Crippen molar-refractivity contribution in [2.45, 2.75) is 39.0 Å². The van der Waals surface area contributed by atoms with E-state index in [4.69, 9.17) is 0 Å². The Labute approximate surface area is 96.7 Å². The Hall–Kier alpha value is -1.32. The lowest BCUT2D eigenvalue weighted by Crippen LogP contribution is -2.19. The largest absolute Gasteiger partial charge is 0.348 e. The van der Waals surface area contributed by atoms with Gasteiger partial charge in [-0.2, -0.15) is 0 Å². The van der Waals surface area contributed by atoms with Crippen LogP contribution in [0.4, 0.5) is 5.95 Å². The topological polar surface area (TPSA) is 49.0 Å². The molecule has 4 nitrogen and oxygen atoms in total. The third-order valence-electron chi connectivity index (χ3n) is 2.49. The molecule has 0 aliphatic carbocycles. The molecule has 0 spiro atoms. The van der Waals surface area contributed by atoms with Gasteiger partial charge in [-0.15, -0.1) is 0 Å². The minimum Gasteiger partial charge on any atom is -0.348 e. The van der Waals surface area contributed by atoms with E-state index in [0.29, 0.717) is 5.95 Å². The summed E-state index contributed by atoms with van der Waals surface area (Å²) in [6.07, 6.45) is 5.69. The highest BCUT2D eigenvalue weighted by molar-refractivity contribution is 5.27. The summed E-state index contributed by atoms with van der Waals surface area (Å²) in [6, 6.07) is 1.60. The van der Waals surface area contributed by atoms with E-state index >= 15 is 0 Å². The predicted molar refractivity (Wildman–Crippen MR) is 67.0 cm³/mol. The van der Waals surface area contributed by atoms with Crippen LogP contribution in [0.5, 0.6) is 0 Å². The molecule has 90 valence electrons. The average molecular weight is 223 g/mol. The molecule has 0 bridgehead atoms. The van der Waals surface area contributed by atoms with E-state index in [1.165, 1.54) is 19.3 Å². The summed E-state index contributed by atoms with van der Waals surface area (Å²) in [5, 5.41) is 0. The lowest BCUT2D eigenvalue weighted by Gasteiger charge is -2.11. The fraction of sp³-hybridized carbons (Fsp3) is 0.667. The number of unbranched alkanes of at least 4 members (excludes halogenated alkanes) is 3. The van der Waals surface area contributed by atoms with Crippen LogP contribution >= 0.6 is 0 Å². The number of aryl methyl sites for hydroxylation is 1. The van der Waals surface area contributed by atoms with Crippen molar-refractivity contribution in [1.29, 1.82) is 0 Å². The molecule has 0 unspecified atom stereocenters. The van der Waals surface area contributed by atoms with Gasteiger partial charge in [0.05, 0.1) is 0 Å². The standard InChI is InChI=1S/C12H21N3O/c1-4-5-6-7-8-10-9-11(16)14-12(13-10)15(2)3/h9H,4-8H2,1-3H3,(H,13,14,16). The van der Waals surface area contributed by atoms with Crippen LogP contribution in [0, 0.1) is 0 Å². The Morgan fingerprint density at radius 3 is 2.69 bits per heavy atom. The van der Waals surface area contributed by atoms with Crippen molar-refractivity contribution < 1.29 is 0 Å². The van der Waals surface area contributed by atoms with Gasteiger partial charge in [-0.3, -0.25) is 9.78 Å². The maximum absolute atomic E-state index is 11.4. The molecule has 1 heterocycles. The van der Waals surface area contributed by atoms with Gasteiger partial charge in [-0.1, -0.05) is 26.2 Å². The van der Waals surface area contributed by atoms with E-state index in [1.54, 1.807) is 6.07 Å². The van der Waals surface area contributed by atoms with Gasteiger partial charge >= 0.3 is 0 Å². The van der Waals surface area contributed by atoms with Gasteiger partial charge < -0.3 is 4.90 Å². The summed E-state index contributed by atoms with van der Waals surface area (Å²) >= 11 is 0. The first-order valence-corrected chi connectivity index (χ1v) is 5.91. The van der Waals surface area contributed by atoms with Crippen LogP contribution in [0.2, 0.25) is 0 Å². The van der Waals surface area contributed by atoms with E-state index in [2.05, 4.69) is 16.9 Å².